The number of amides is 1. The van der Waals surface area contributed by atoms with Gasteiger partial charge >= 0.3 is 0 Å². The molecule has 1 saturated heterocycles. The maximum Gasteiger partial charge on any atom is 0.224 e. The number of nitrogens with zero attached hydrogens (tertiary/aromatic N) is 1. The van der Waals surface area contributed by atoms with Crippen molar-refractivity contribution in [1.29, 1.82) is 0 Å². The average Bonchev–Trinajstić information content (AvgIpc) is 2.67. The van der Waals surface area contributed by atoms with Crippen LogP contribution in [0.25, 0.3) is 0 Å². The van der Waals surface area contributed by atoms with Gasteiger partial charge in [-0.05, 0) is 38.1 Å². The predicted molar refractivity (Wildman–Crippen MR) is 65.3 cm³/mol. The Morgan fingerprint density at radius 3 is 2.94 bits per heavy atom. The fourth-order valence-electron chi connectivity index (χ4n) is 2.22. The van der Waals surface area contributed by atoms with Gasteiger partial charge in [-0.15, -0.1) is 0 Å². The average molecular weight is 236 g/mol. The van der Waals surface area contributed by atoms with Crippen LogP contribution in [0.2, 0.25) is 0 Å². The van der Waals surface area contributed by atoms with Gasteiger partial charge in [-0.2, -0.15) is 0 Å². The molecule has 1 fully saturated rings. The summed E-state index contributed by atoms with van der Waals surface area (Å²) in [6.07, 6.45) is 1.51. The molecule has 4 heteroatoms. The van der Waals surface area contributed by atoms with E-state index in [0.29, 0.717) is 12.3 Å². The number of benzene rings is 1. The van der Waals surface area contributed by atoms with Gasteiger partial charge in [0.15, 0.2) is 0 Å². The first-order chi connectivity index (χ1) is 8.15. The molecule has 0 bridgehead atoms. The summed E-state index contributed by atoms with van der Waals surface area (Å²) < 4.78 is 13.3. The zero-order chi connectivity index (χ0) is 12.3. The van der Waals surface area contributed by atoms with E-state index in [1.807, 2.05) is 0 Å². The Balaban J connectivity index is 1.87. The van der Waals surface area contributed by atoms with Crippen molar-refractivity contribution in [3.8, 4) is 0 Å². The molecule has 0 aromatic heterocycles. The van der Waals surface area contributed by atoms with Crippen LogP contribution in [0.3, 0.4) is 0 Å². The SMILES string of the molecule is CN1CCC(CC(=O)Nc2ccccc2F)C1. The number of rotatable bonds is 3. The summed E-state index contributed by atoms with van der Waals surface area (Å²) in [5, 5.41) is 2.62. The van der Waals surface area contributed by atoms with Crippen molar-refractivity contribution in [2.45, 2.75) is 12.8 Å². The van der Waals surface area contributed by atoms with Crippen LogP contribution in [0.5, 0.6) is 0 Å². The molecule has 0 aliphatic carbocycles. The van der Waals surface area contributed by atoms with Crippen LogP contribution in [-0.2, 0) is 4.79 Å². The van der Waals surface area contributed by atoms with Gasteiger partial charge in [-0.3, -0.25) is 4.79 Å². The summed E-state index contributed by atoms with van der Waals surface area (Å²) in [7, 11) is 2.05. The Morgan fingerprint density at radius 1 is 1.53 bits per heavy atom. The maximum absolute atomic E-state index is 13.3. The molecular weight excluding hydrogens is 219 g/mol. The molecule has 0 radical (unpaired) electrons. The van der Waals surface area contributed by atoms with E-state index in [1.54, 1.807) is 18.2 Å². The van der Waals surface area contributed by atoms with Crippen molar-refractivity contribution < 1.29 is 9.18 Å². The van der Waals surface area contributed by atoms with Gasteiger partial charge in [0.25, 0.3) is 0 Å². The molecule has 1 atom stereocenters. The standard InChI is InChI=1S/C13H17FN2O/c1-16-7-6-10(9-16)8-13(17)15-12-5-3-2-4-11(12)14/h2-5,10H,6-9H2,1H3,(H,15,17). The Morgan fingerprint density at radius 2 is 2.29 bits per heavy atom. The number of carbonyl (C=O) groups is 1. The summed E-state index contributed by atoms with van der Waals surface area (Å²) in [6, 6.07) is 6.24. The molecule has 1 amide bonds. The zero-order valence-corrected chi connectivity index (χ0v) is 9.95. The normalized spacial score (nSPS) is 20.5. The molecule has 1 aliphatic rings. The lowest BCUT2D eigenvalue weighted by molar-refractivity contribution is -0.117. The van der Waals surface area contributed by atoms with Gasteiger partial charge in [0.2, 0.25) is 5.91 Å². The van der Waals surface area contributed by atoms with E-state index in [4.69, 9.17) is 0 Å². The Hall–Kier alpha value is -1.42. The highest BCUT2D eigenvalue weighted by Crippen LogP contribution is 2.19. The molecule has 17 heavy (non-hydrogen) atoms. The van der Waals surface area contributed by atoms with Crippen LogP contribution in [0.4, 0.5) is 10.1 Å². The van der Waals surface area contributed by atoms with Gasteiger partial charge in [0.1, 0.15) is 5.82 Å². The van der Waals surface area contributed by atoms with E-state index in [-0.39, 0.29) is 17.4 Å². The van der Waals surface area contributed by atoms with Crippen LogP contribution in [0.1, 0.15) is 12.8 Å². The number of para-hydroxylation sites is 1. The highest BCUT2D eigenvalue weighted by Gasteiger charge is 2.22. The van der Waals surface area contributed by atoms with E-state index in [9.17, 15) is 9.18 Å². The number of anilines is 1. The Labute approximate surface area is 101 Å². The van der Waals surface area contributed by atoms with Gasteiger partial charge in [0, 0.05) is 13.0 Å². The largest absolute Gasteiger partial charge is 0.324 e. The molecule has 1 aromatic carbocycles. The Kier molecular flexibility index (Phi) is 3.74. The monoisotopic (exact) mass is 236 g/mol. The summed E-state index contributed by atoms with van der Waals surface area (Å²) in [6.45, 7) is 1.99. The molecule has 1 aromatic rings. The minimum atomic E-state index is -0.385. The van der Waals surface area contributed by atoms with Crippen LogP contribution in [-0.4, -0.2) is 30.9 Å². The summed E-state index contributed by atoms with van der Waals surface area (Å²) in [5.41, 5.74) is 0.267. The van der Waals surface area contributed by atoms with Crippen molar-refractivity contribution in [2.24, 2.45) is 5.92 Å². The van der Waals surface area contributed by atoms with Gasteiger partial charge in [-0.25, -0.2) is 4.39 Å². The van der Waals surface area contributed by atoms with Crippen molar-refractivity contribution in [1.82, 2.24) is 4.90 Å². The first-order valence-corrected chi connectivity index (χ1v) is 5.88. The number of carbonyl (C=O) groups excluding carboxylic acids is 1. The van der Waals surface area contributed by atoms with Crippen molar-refractivity contribution >= 4 is 11.6 Å². The molecule has 1 heterocycles. The van der Waals surface area contributed by atoms with Crippen LogP contribution in [0, 0.1) is 11.7 Å². The van der Waals surface area contributed by atoms with Crippen molar-refractivity contribution in [3.63, 3.8) is 0 Å². The molecule has 92 valence electrons. The third-order valence-corrected chi connectivity index (χ3v) is 3.11. The molecule has 2 rings (SSSR count). The molecule has 0 spiro atoms. The van der Waals surface area contributed by atoms with Crippen molar-refractivity contribution in [2.75, 3.05) is 25.5 Å². The molecule has 0 saturated carbocycles. The van der Waals surface area contributed by atoms with Gasteiger partial charge in [-0.1, -0.05) is 12.1 Å². The lowest BCUT2D eigenvalue weighted by Gasteiger charge is -2.11. The fraction of sp³-hybridized carbons (Fsp3) is 0.462. The highest BCUT2D eigenvalue weighted by molar-refractivity contribution is 5.90. The number of likely N-dealkylation sites (tertiary alicyclic amines) is 1. The molecule has 3 nitrogen and oxygen atoms in total. The van der Waals surface area contributed by atoms with Crippen LogP contribution >= 0.6 is 0 Å². The summed E-state index contributed by atoms with van der Waals surface area (Å²) >= 11 is 0. The molecule has 1 N–H and O–H groups in total. The maximum atomic E-state index is 13.3. The minimum Gasteiger partial charge on any atom is -0.324 e. The molecule has 1 unspecified atom stereocenters. The zero-order valence-electron chi connectivity index (χ0n) is 9.95. The van der Waals surface area contributed by atoms with Crippen LogP contribution in [0.15, 0.2) is 24.3 Å². The summed E-state index contributed by atoms with van der Waals surface area (Å²) in [4.78, 5) is 13.9. The van der Waals surface area contributed by atoms with E-state index in [1.165, 1.54) is 6.07 Å². The first kappa shape index (κ1) is 12.0. The first-order valence-electron chi connectivity index (χ1n) is 5.88. The third-order valence-electron chi connectivity index (χ3n) is 3.11. The van der Waals surface area contributed by atoms with Gasteiger partial charge in [0.05, 0.1) is 5.69 Å². The fourth-order valence-corrected chi connectivity index (χ4v) is 2.22. The molecular formula is C13H17FN2O. The van der Waals surface area contributed by atoms with E-state index in [2.05, 4.69) is 17.3 Å². The topological polar surface area (TPSA) is 32.3 Å². The predicted octanol–water partition coefficient (Wildman–Crippen LogP) is 2.11. The van der Waals surface area contributed by atoms with E-state index >= 15 is 0 Å². The summed E-state index contributed by atoms with van der Waals surface area (Å²) in [5.74, 6) is -0.0911. The second-order valence-electron chi connectivity index (χ2n) is 4.65. The second kappa shape index (κ2) is 5.27. The minimum absolute atomic E-state index is 0.101. The van der Waals surface area contributed by atoms with Crippen LogP contribution < -0.4 is 5.32 Å². The highest BCUT2D eigenvalue weighted by atomic mass is 19.1. The number of hydrogen-bond donors (Lipinski definition) is 1. The van der Waals surface area contributed by atoms with E-state index < -0.39 is 0 Å². The number of halogens is 1. The smallest absolute Gasteiger partial charge is 0.224 e. The van der Waals surface area contributed by atoms with Crippen molar-refractivity contribution in [3.05, 3.63) is 30.1 Å². The molecule has 1 aliphatic heterocycles. The third kappa shape index (κ3) is 3.27. The van der Waals surface area contributed by atoms with E-state index in [0.717, 1.165) is 19.5 Å². The second-order valence-corrected chi connectivity index (χ2v) is 4.65. The number of hydrogen-bond acceptors (Lipinski definition) is 2. The quantitative estimate of drug-likeness (QED) is 0.871. The lowest BCUT2D eigenvalue weighted by atomic mass is 10.0. The van der Waals surface area contributed by atoms with Gasteiger partial charge < -0.3 is 10.2 Å². The lowest BCUT2D eigenvalue weighted by Crippen LogP contribution is -2.19. The number of nitrogens with one attached hydrogen (secondary N) is 1. The Bertz CT molecular complexity index is 408.